The molecule has 1 rings (SSSR count). The van der Waals surface area contributed by atoms with Gasteiger partial charge in [-0.2, -0.15) is 0 Å². The van der Waals surface area contributed by atoms with E-state index in [-0.39, 0.29) is 37.2 Å². The molecule has 0 aliphatic carbocycles. The van der Waals surface area contributed by atoms with E-state index in [1.165, 1.54) is 0 Å². The summed E-state index contributed by atoms with van der Waals surface area (Å²) in [6, 6.07) is 0. The van der Waals surface area contributed by atoms with Crippen molar-refractivity contribution in [2.75, 3.05) is 51.9 Å². The van der Waals surface area contributed by atoms with Crippen LogP contribution in [0.2, 0.25) is 0 Å². The molecule has 20 heavy (non-hydrogen) atoms. The number of aliphatic hydroxyl groups is 1. The maximum Gasteiger partial charge on any atom is 0.223 e. The number of primary sulfonamides is 1. The van der Waals surface area contributed by atoms with Crippen LogP contribution in [0, 0.1) is 5.92 Å². The molecule has 1 atom stereocenters. The quantitative estimate of drug-likeness (QED) is 0.457. The standard InChI is InChI=1S/C11H22N2O6S/c12-20(16,17)9-10-7-11(15)13(8-10)1-3-18-5-6-19-4-2-14/h10,14H,1-9H2,(H2,12,16,17). The number of aliphatic hydroxyl groups excluding tert-OH is 1. The Morgan fingerprint density at radius 3 is 2.50 bits per heavy atom. The van der Waals surface area contributed by atoms with Crippen molar-refractivity contribution >= 4 is 15.9 Å². The van der Waals surface area contributed by atoms with Gasteiger partial charge in [0.1, 0.15) is 0 Å². The monoisotopic (exact) mass is 310 g/mol. The van der Waals surface area contributed by atoms with Crippen LogP contribution < -0.4 is 5.14 Å². The first kappa shape index (κ1) is 17.3. The molecule has 1 unspecified atom stereocenters. The number of hydrogen-bond acceptors (Lipinski definition) is 6. The van der Waals surface area contributed by atoms with Crippen LogP contribution in [0.3, 0.4) is 0 Å². The van der Waals surface area contributed by atoms with E-state index in [4.69, 9.17) is 19.7 Å². The number of rotatable bonds is 10. The summed E-state index contributed by atoms with van der Waals surface area (Å²) >= 11 is 0. The fourth-order valence-electron chi connectivity index (χ4n) is 2.07. The molecule has 0 radical (unpaired) electrons. The summed E-state index contributed by atoms with van der Waals surface area (Å²) in [5.74, 6) is -0.463. The van der Waals surface area contributed by atoms with Gasteiger partial charge in [0.15, 0.2) is 0 Å². The SMILES string of the molecule is NS(=O)(=O)CC1CC(=O)N(CCOCCOCCO)C1. The lowest BCUT2D eigenvalue weighted by Crippen LogP contribution is -2.30. The van der Waals surface area contributed by atoms with Gasteiger partial charge in [-0.05, 0) is 0 Å². The molecule has 9 heteroatoms. The summed E-state index contributed by atoms with van der Waals surface area (Å²) in [6.45, 7) is 2.25. The van der Waals surface area contributed by atoms with Gasteiger partial charge in [0, 0.05) is 25.4 Å². The van der Waals surface area contributed by atoms with E-state index in [9.17, 15) is 13.2 Å². The minimum atomic E-state index is -3.54. The molecule has 1 fully saturated rings. The van der Waals surface area contributed by atoms with Gasteiger partial charge in [0.05, 0.1) is 38.8 Å². The predicted molar refractivity (Wildman–Crippen MR) is 71.4 cm³/mol. The minimum Gasteiger partial charge on any atom is -0.394 e. The van der Waals surface area contributed by atoms with Gasteiger partial charge in [-0.1, -0.05) is 0 Å². The number of amides is 1. The first-order valence-corrected chi connectivity index (χ1v) is 8.18. The summed E-state index contributed by atoms with van der Waals surface area (Å²) in [7, 11) is -3.54. The van der Waals surface area contributed by atoms with Crippen molar-refractivity contribution in [3.05, 3.63) is 0 Å². The molecular formula is C11H22N2O6S. The van der Waals surface area contributed by atoms with Crippen LogP contribution in [0.25, 0.3) is 0 Å². The van der Waals surface area contributed by atoms with Crippen molar-refractivity contribution in [1.82, 2.24) is 4.90 Å². The van der Waals surface area contributed by atoms with Crippen LogP contribution in [0.4, 0.5) is 0 Å². The zero-order valence-corrected chi connectivity index (χ0v) is 12.2. The van der Waals surface area contributed by atoms with E-state index >= 15 is 0 Å². The lowest BCUT2D eigenvalue weighted by molar-refractivity contribution is -0.128. The minimum absolute atomic E-state index is 0.0201. The smallest absolute Gasteiger partial charge is 0.223 e. The summed E-state index contributed by atoms with van der Waals surface area (Å²) in [5.41, 5.74) is 0. The third-order valence-corrected chi connectivity index (χ3v) is 3.81. The first-order chi connectivity index (χ1) is 9.42. The Morgan fingerprint density at radius 1 is 1.25 bits per heavy atom. The Morgan fingerprint density at radius 2 is 1.90 bits per heavy atom. The number of carbonyl (C=O) groups is 1. The normalized spacial score (nSPS) is 19.8. The van der Waals surface area contributed by atoms with Crippen molar-refractivity contribution < 1.29 is 27.8 Å². The maximum absolute atomic E-state index is 11.7. The Labute approximate surface area is 118 Å². The molecule has 8 nitrogen and oxygen atoms in total. The van der Waals surface area contributed by atoms with E-state index in [2.05, 4.69) is 0 Å². The molecule has 0 saturated carbocycles. The molecule has 1 amide bonds. The number of carbonyl (C=O) groups excluding carboxylic acids is 1. The fourth-order valence-corrected chi connectivity index (χ4v) is 2.95. The van der Waals surface area contributed by atoms with Crippen LogP contribution in [0.5, 0.6) is 0 Å². The molecule has 1 aliphatic heterocycles. The Bertz CT molecular complexity index is 400. The third-order valence-electron chi connectivity index (χ3n) is 2.88. The largest absolute Gasteiger partial charge is 0.394 e. The van der Waals surface area contributed by atoms with E-state index in [0.717, 1.165) is 0 Å². The Kier molecular flexibility index (Phi) is 7.38. The second-order valence-electron chi connectivity index (χ2n) is 4.69. The lowest BCUT2D eigenvalue weighted by atomic mass is 10.1. The summed E-state index contributed by atoms with van der Waals surface area (Å²) in [4.78, 5) is 13.2. The predicted octanol–water partition coefficient (Wildman–Crippen LogP) is -1.85. The average molecular weight is 310 g/mol. The molecule has 1 heterocycles. The number of hydrogen-bond donors (Lipinski definition) is 2. The topological polar surface area (TPSA) is 119 Å². The highest BCUT2D eigenvalue weighted by Gasteiger charge is 2.31. The highest BCUT2D eigenvalue weighted by molar-refractivity contribution is 7.89. The van der Waals surface area contributed by atoms with Crippen LogP contribution in [-0.2, 0) is 24.3 Å². The Balaban J connectivity index is 2.14. The summed E-state index contributed by atoms with van der Waals surface area (Å²) < 4.78 is 32.3. The average Bonchev–Trinajstić information content (AvgIpc) is 2.66. The number of nitrogens with zero attached hydrogens (tertiary/aromatic N) is 1. The third kappa shape index (κ3) is 7.15. The lowest BCUT2D eigenvalue weighted by Gasteiger charge is -2.16. The summed E-state index contributed by atoms with van der Waals surface area (Å²) in [6.07, 6.45) is 0.218. The van der Waals surface area contributed by atoms with Gasteiger partial charge < -0.3 is 19.5 Å². The van der Waals surface area contributed by atoms with Crippen molar-refractivity contribution in [2.24, 2.45) is 11.1 Å². The first-order valence-electron chi connectivity index (χ1n) is 6.47. The molecule has 0 aromatic rings. The van der Waals surface area contributed by atoms with Crippen LogP contribution in [0.15, 0.2) is 0 Å². The molecule has 118 valence electrons. The fraction of sp³-hybridized carbons (Fsp3) is 0.909. The maximum atomic E-state index is 11.7. The van der Waals surface area contributed by atoms with E-state index in [1.54, 1.807) is 4.90 Å². The number of nitrogens with two attached hydrogens (primary N) is 1. The zero-order chi connectivity index (χ0) is 15.0. The van der Waals surface area contributed by atoms with Crippen LogP contribution >= 0.6 is 0 Å². The highest BCUT2D eigenvalue weighted by atomic mass is 32.2. The zero-order valence-electron chi connectivity index (χ0n) is 11.4. The molecule has 3 N–H and O–H groups in total. The molecule has 1 saturated heterocycles. The molecule has 1 aliphatic rings. The molecule has 0 aromatic carbocycles. The van der Waals surface area contributed by atoms with Crippen molar-refractivity contribution in [1.29, 1.82) is 0 Å². The van der Waals surface area contributed by atoms with Gasteiger partial charge in [-0.15, -0.1) is 0 Å². The van der Waals surface area contributed by atoms with Crippen molar-refractivity contribution in [2.45, 2.75) is 6.42 Å². The second-order valence-corrected chi connectivity index (χ2v) is 6.35. The van der Waals surface area contributed by atoms with Gasteiger partial charge in [-0.25, -0.2) is 13.6 Å². The summed E-state index contributed by atoms with van der Waals surface area (Å²) in [5, 5.41) is 13.5. The molecule has 0 bridgehead atoms. The van der Waals surface area contributed by atoms with Crippen LogP contribution in [0.1, 0.15) is 6.42 Å². The number of sulfonamides is 1. The van der Waals surface area contributed by atoms with Gasteiger partial charge in [-0.3, -0.25) is 4.79 Å². The van der Waals surface area contributed by atoms with Gasteiger partial charge >= 0.3 is 0 Å². The van der Waals surface area contributed by atoms with E-state index < -0.39 is 10.0 Å². The van der Waals surface area contributed by atoms with E-state index in [1.807, 2.05) is 0 Å². The molecular weight excluding hydrogens is 288 g/mol. The number of ether oxygens (including phenoxy) is 2. The van der Waals surface area contributed by atoms with Gasteiger partial charge in [0.25, 0.3) is 0 Å². The van der Waals surface area contributed by atoms with Crippen LogP contribution in [-0.4, -0.2) is 76.2 Å². The van der Waals surface area contributed by atoms with Gasteiger partial charge in [0.2, 0.25) is 15.9 Å². The Hall–Kier alpha value is -0.740. The second kappa shape index (κ2) is 8.53. The van der Waals surface area contributed by atoms with E-state index in [0.29, 0.717) is 32.9 Å². The highest BCUT2D eigenvalue weighted by Crippen LogP contribution is 2.18. The molecule has 0 spiro atoms. The van der Waals surface area contributed by atoms with Crippen molar-refractivity contribution in [3.63, 3.8) is 0 Å². The molecule has 0 aromatic heterocycles. The number of likely N-dealkylation sites (tertiary alicyclic amines) is 1. The van der Waals surface area contributed by atoms with Crippen molar-refractivity contribution in [3.8, 4) is 0 Å².